The van der Waals surface area contributed by atoms with E-state index in [1.807, 2.05) is 13.8 Å². The molecule has 0 saturated heterocycles. The van der Waals surface area contributed by atoms with Crippen molar-refractivity contribution < 1.29 is 19.7 Å². The van der Waals surface area contributed by atoms with Gasteiger partial charge in [-0.2, -0.15) is 0 Å². The maximum atomic E-state index is 12.6. The van der Waals surface area contributed by atoms with Crippen LogP contribution in [0.15, 0.2) is 12.1 Å². The number of benzene rings is 1. The van der Waals surface area contributed by atoms with E-state index in [0.29, 0.717) is 24.2 Å². The van der Waals surface area contributed by atoms with E-state index < -0.39 is 6.10 Å². The quantitative estimate of drug-likeness (QED) is 0.837. The highest BCUT2D eigenvalue weighted by Gasteiger charge is 2.55. The summed E-state index contributed by atoms with van der Waals surface area (Å²) in [6.07, 6.45) is 1.56. The molecule has 1 fully saturated rings. The van der Waals surface area contributed by atoms with Crippen LogP contribution in [0.25, 0.3) is 0 Å². The van der Waals surface area contributed by atoms with Gasteiger partial charge in [-0.05, 0) is 47.3 Å². The Morgan fingerprint density at radius 1 is 1.27 bits per heavy atom. The van der Waals surface area contributed by atoms with Crippen molar-refractivity contribution in [3.05, 3.63) is 23.3 Å². The van der Waals surface area contributed by atoms with Crippen molar-refractivity contribution in [3.8, 4) is 11.5 Å². The third kappa shape index (κ3) is 1.89. The van der Waals surface area contributed by atoms with Crippen molar-refractivity contribution in [2.24, 2.45) is 11.3 Å². The summed E-state index contributed by atoms with van der Waals surface area (Å²) < 4.78 is 5.14. The van der Waals surface area contributed by atoms with Gasteiger partial charge in [-0.25, -0.2) is 0 Å². The number of aliphatic hydroxyl groups excluding tert-OH is 1. The second kappa shape index (κ2) is 4.72. The standard InChI is InChI=1S/C18H24O4/c1-17(2)15-9-12(19)10-7-14(22-4)13(20)8-11(10)18(15,3)6-5-16(17)21/h7-8,15-16,20-21H,5-6,9H2,1-4H3/t15-,16-,18-/m1/s1. The summed E-state index contributed by atoms with van der Waals surface area (Å²) in [6, 6.07) is 3.35. The molecule has 2 aliphatic carbocycles. The molecule has 0 radical (unpaired) electrons. The second-order valence-electron chi connectivity index (χ2n) is 7.54. The van der Waals surface area contributed by atoms with Crippen LogP contribution in [0, 0.1) is 11.3 Å². The van der Waals surface area contributed by atoms with Gasteiger partial charge in [-0.1, -0.05) is 20.8 Å². The molecule has 22 heavy (non-hydrogen) atoms. The number of rotatable bonds is 1. The van der Waals surface area contributed by atoms with E-state index in [-0.39, 0.29) is 28.3 Å². The molecule has 0 spiro atoms. The Bertz CT molecular complexity index is 634. The molecular weight excluding hydrogens is 280 g/mol. The SMILES string of the molecule is COc1cc2c(cc1O)[C@@]1(C)CC[C@@H](O)C(C)(C)[C@H]1CC2=O. The van der Waals surface area contributed by atoms with E-state index in [1.54, 1.807) is 12.1 Å². The third-order valence-corrected chi connectivity index (χ3v) is 6.09. The first-order valence-electron chi connectivity index (χ1n) is 7.84. The molecule has 3 rings (SSSR count). The summed E-state index contributed by atoms with van der Waals surface area (Å²) in [5, 5.41) is 20.5. The van der Waals surface area contributed by atoms with E-state index >= 15 is 0 Å². The van der Waals surface area contributed by atoms with Crippen molar-refractivity contribution >= 4 is 5.78 Å². The molecule has 0 heterocycles. The van der Waals surface area contributed by atoms with Crippen LogP contribution in [-0.4, -0.2) is 29.2 Å². The summed E-state index contributed by atoms with van der Waals surface area (Å²) in [5.74, 6) is 0.540. The number of carbonyl (C=O) groups excluding carboxylic acids is 1. The molecule has 1 aromatic carbocycles. The summed E-state index contributed by atoms with van der Waals surface area (Å²) in [5.41, 5.74) is 1.01. The molecule has 0 aromatic heterocycles. The highest BCUT2D eigenvalue weighted by atomic mass is 16.5. The Morgan fingerprint density at radius 3 is 2.59 bits per heavy atom. The average molecular weight is 304 g/mol. The minimum atomic E-state index is -0.397. The van der Waals surface area contributed by atoms with Crippen LogP contribution in [0.4, 0.5) is 0 Å². The number of carbonyl (C=O) groups is 1. The van der Waals surface area contributed by atoms with Crippen LogP contribution in [0.2, 0.25) is 0 Å². The molecule has 0 amide bonds. The number of hydrogen-bond acceptors (Lipinski definition) is 4. The largest absolute Gasteiger partial charge is 0.504 e. The zero-order valence-electron chi connectivity index (χ0n) is 13.6. The van der Waals surface area contributed by atoms with Gasteiger partial charge in [0.25, 0.3) is 0 Å². The van der Waals surface area contributed by atoms with Gasteiger partial charge in [-0.15, -0.1) is 0 Å². The van der Waals surface area contributed by atoms with Crippen molar-refractivity contribution in [1.82, 2.24) is 0 Å². The number of hydrogen-bond donors (Lipinski definition) is 2. The molecule has 2 aliphatic rings. The Kier molecular flexibility index (Phi) is 3.29. The zero-order valence-corrected chi connectivity index (χ0v) is 13.6. The highest BCUT2D eigenvalue weighted by molar-refractivity contribution is 6.00. The topological polar surface area (TPSA) is 66.8 Å². The molecule has 0 bridgehead atoms. The number of aliphatic hydroxyl groups is 1. The summed E-state index contributed by atoms with van der Waals surface area (Å²) in [4.78, 5) is 12.6. The lowest BCUT2D eigenvalue weighted by Crippen LogP contribution is -2.54. The molecule has 4 nitrogen and oxygen atoms in total. The lowest BCUT2D eigenvalue weighted by atomic mass is 9.49. The smallest absolute Gasteiger partial charge is 0.163 e. The fourth-order valence-corrected chi connectivity index (χ4v) is 4.58. The molecule has 2 N–H and O–H groups in total. The molecule has 0 unspecified atom stereocenters. The van der Waals surface area contributed by atoms with Crippen molar-refractivity contribution in [2.45, 2.75) is 51.6 Å². The highest BCUT2D eigenvalue weighted by Crippen LogP contribution is 2.57. The number of ether oxygens (including phenoxy) is 1. The van der Waals surface area contributed by atoms with E-state index in [1.165, 1.54) is 7.11 Å². The van der Waals surface area contributed by atoms with E-state index in [0.717, 1.165) is 12.0 Å². The number of fused-ring (bicyclic) bond motifs is 3. The fraction of sp³-hybridized carbons (Fsp3) is 0.611. The van der Waals surface area contributed by atoms with Gasteiger partial charge < -0.3 is 14.9 Å². The lowest BCUT2D eigenvalue weighted by Gasteiger charge is -2.55. The van der Waals surface area contributed by atoms with Crippen molar-refractivity contribution in [3.63, 3.8) is 0 Å². The van der Waals surface area contributed by atoms with Crippen LogP contribution in [-0.2, 0) is 5.41 Å². The van der Waals surface area contributed by atoms with Crippen LogP contribution in [0.5, 0.6) is 11.5 Å². The summed E-state index contributed by atoms with van der Waals surface area (Å²) in [7, 11) is 1.49. The monoisotopic (exact) mass is 304 g/mol. The van der Waals surface area contributed by atoms with Crippen molar-refractivity contribution in [2.75, 3.05) is 7.11 Å². The van der Waals surface area contributed by atoms with Gasteiger partial charge in [0.2, 0.25) is 0 Å². The van der Waals surface area contributed by atoms with Crippen LogP contribution < -0.4 is 4.74 Å². The van der Waals surface area contributed by atoms with Crippen LogP contribution in [0.1, 0.15) is 56.0 Å². The number of ketones is 1. The molecule has 3 atom stereocenters. The normalized spacial score (nSPS) is 33.0. The van der Waals surface area contributed by atoms with Gasteiger partial charge in [0.05, 0.1) is 13.2 Å². The predicted molar refractivity (Wildman–Crippen MR) is 83.5 cm³/mol. The summed E-state index contributed by atoms with van der Waals surface area (Å²) in [6.45, 7) is 6.24. The first-order chi connectivity index (χ1) is 10.2. The van der Waals surface area contributed by atoms with Gasteiger partial charge in [0.1, 0.15) is 0 Å². The lowest BCUT2D eigenvalue weighted by molar-refractivity contribution is -0.0687. The number of phenolic OH excluding ortho intramolecular Hbond substituents is 1. The Balaban J connectivity index is 2.20. The Labute approximate surface area is 131 Å². The molecule has 1 aromatic rings. The molecular formula is C18H24O4. The molecule has 0 aliphatic heterocycles. The van der Waals surface area contributed by atoms with Crippen molar-refractivity contribution in [1.29, 1.82) is 0 Å². The number of aromatic hydroxyl groups is 1. The Hall–Kier alpha value is -1.55. The fourth-order valence-electron chi connectivity index (χ4n) is 4.58. The van der Waals surface area contributed by atoms with Crippen LogP contribution >= 0.6 is 0 Å². The van der Waals surface area contributed by atoms with Gasteiger partial charge >= 0.3 is 0 Å². The summed E-state index contributed by atoms with van der Waals surface area (Å²) >= 11 is 0. The first-order valence-corrected chi connectivity index (χ1v) is 7.84. The predicted octanol–water partition coefficient (Wildman–Crippen LogP) is 3.04. The van der Waals surface area contributed by atoms with Gasteiger partial charge in [-0.3, -0.25) is 4.79 Å². The average Bonchev–Trinajstić information content (AvgIpc) is 2.46. The van der Waals surface area contributed by atoms with Gasteiger partial charge in [0, 0.05) is 12.0 Å². The van der Waals surface area contributed by atoms with E-state index in [2.05, 4.69) is 6.92 Å². The van der Waals surface area contributed by atoms with E-state index in [9.17, 15) is 15.0 Å². The molecule has 4 heteroatoms. The minimum Gasteiger partial charge on any atom is -0.504 e. The Morgan fingerprint density at radius 2 is 1.95 bits per heavy atom. The number of Topliss-reactive ketones (excluding diaryl/α,β-unsaturated/α-hetero) is 1. The third-order valence-electron chi connectivity index (χ3n) is 6.09. The van der Waals surface area contributed by atoms with E-state index in [4.69, 9.17) is 4.74 Å². The van der Waals surface area contributed by atoms with Crippen LogP contribution in [0.3, 0.4) is 0 Å². The first kappa shape index (κ1) is 15.3. The maximum absolute atomic E-state index is 12.6. The maximum Gasteiger partial charge on any atom is 0.163 e. The molecule has 1 saturated carbocycles. The number of phenols is 1. The second-order valence-corrected chi connectivity index (χ2v) is 7.54. The molecule has 120 valence electrons. The number of methoxy groups -OCH3 is 1. The van der Waals surface area contributed by atoms with Gasteiger partial charge in [0.15, 0.2) is 17.3 Å². The minimum absolute atomic E-state index is 0.0662. The zero-order chi connectivity index (χ0) is 16.3.